The van der Waals surface area contributed by atoms with E-state index < -0.39 is 11.7 Å². The number of benzene rings is 1. The van der Waals surface area contributed by atoms with Crippen LogP contribution in [0.2, 0.25) is 0 Å². The Balaban J connectivity index is 1.83. The van der Waals surface area contributed by atoms with Gasteiger partial charge in [-0.1, -0.05) is 31.0 Å². The number of alkyl halides is 3. The van der Waals surface area contributed by atoms with Gasteiger partial charge in [-0.05, 0) is 37.8 Å². The maximum absolute atomic E-state index is 13.0. The molecule has 1 N–H and O–H groups in total. The van der Waals surface area contributed by atoms with Crippen LogP contribution in [-0.2, 0) is 22.1 Å². The molecule has 1 fully saturated rings. The highest BCUT2D eigenvalue weighted by Crippen LogP contribution is 2.32. The molecule has 0 bridgehead atoms. The van der Waals surface area contributed by atoms with E-state index in [4.69, 9.17) is 9.47 Å². The van der Waals surface area contributed by atoms with E-state index in [0.29, 0.717) is 25.4 Å². The van der Waals surface area contributed by atoms with Crippen LogP contribution < -0.4 is 5.32 Å². The minimum Gasteiger partial charge on any atom is -0.380 e. The van der Waals surface area contributed by atoms with E-state index in [9.17, 15) is 13.2 Å². The molecule has 3 nitrogen and oxygen atoms in total. The quantitative estimate of drug-likeness (QED) is 0.670. The Kier molecular flexibility index (Phi) is 8.19. The molecular weight excluding hydrogens is 331 g/mol. The van der Waals surface area contributed by atoms with Gasteiger partial charge in [0.2, 0.25) is 0 Å². The third-order valence-electron chi connectivity index (χ3n) is 4.59. The van der Waals surface area contributed by atoms with Crippen molar-refractivity contribution in [3.63, 3.8) is 0 Å². The molecule has 0 aromatic heterocycles. The molecule has 0 amide bonds. The van der Waals surface area contributed by atoms with E-state index in [-0.39, 0.29) is 18.6 Å². The standard InChI is InChI=1S/C19H28F3NO2/c1-2-24-14-12-23-17-9-5-6-10-18(17)25-13-11-15-7-3-4-8-16(15)19(20,21)22/h3-4,7-8,17-18,23H,2,5-6,9-14H2,1H3/t17-,18?/m1/s1. The number of hydrogen-bond donors (Lipinski definition) is 1. The van der Waals surface area contributed by atoms with Crippen molar-refractivity contribution in [2.24, 2.45) is 0 Å². The Hall–Kier alpha value is -1.11. The van der Waals surface area contributed by atoms with Crippen LogP contribution >= 0.6 is 0 Å². The van der Waals surface area contributed by atoms with E-state index in [1.807, 2.05) is 6.92 Å². The summed E-state index contributed by atoms with van der Waals surface area (Å²) in [6.45, 7) is 4.41. The fourth-order valence-electron chi connectivity index (χ4n) is 3.33. The van der Waals surface area contributed by atoms with Crippen LogP contribution in [0.4, 0.5) is 13.2 Å². The van der Waals surface area contributed by atoms with E-state index in [2.05, 4.69) is 5.32 Å². The van der Waals surface area contributed by atoms with Crippen LogP contribution in [0.15, 0.2) is 24.3 Å². The Labute approximate surface area is 147 Å². The zero-order valence-electron chi connectivity index (χ0n) is 14.8. The second-order valence-electron chi connectivity index (χ2n) is 6.36. The second-order valence-corrected chi connectivity index (χ2v) is 6.36. The van der Waals surface area contributed by atoms with Crippen molar-refractivity contribution in [3.05, 3.63) is 35.4 Å². The number of rotatable bonds is 9. The van der Waals surface area contributed by atoms with Crippen LogP contribution in [0, 0.1) is 0 Å². The number of ether oxygens (including phenoxy) is 2. The maximum atomic E-state index is 13.0. The molecule has 1 aromatic carbocycles. The fourth-order valence-corrected chi connectivity index (χ4v) is 3.33. The first kappa shape index (κ1) is 20.2. The van der Waals surface area contributed by atoms with Gasteiger partial charge < -0.3 is 14.8 Å². The first-order valence-corrected chi connectivity index (χ1v) is 9.10. The topological polar surface area (TPSA) is 30.5 Å². The van der Waals surface area contributed by atoms with Crippen molar-refractivity contribution >= 4 is 0 Å². The summed E-state index contributed by atoms with van der Waals surface area (Å²) in [5, 5.41) is 3.46. The third kappa shape index (κ3) is 6.60. The predicted molar refractivity (Wildman–Crippen MR) is 91.6 cm³/mol. The highest BCUT2D eigenvalue weighted by Gasteiger charge is 2.33. The van der Waals surface area contributed by atoms with Gasteiger partial charge in [0, 0.05) is 19.2 Å². The molecule has 0 spiro atoms. The minimum absolute atomic E-state index is 0.0634. The van der Waals surface area contributed by atoms with Crippen molar-refractivity contribution < 1.29 is 22.6 Å². The number of hydrogen-bond acceptors (Lipinski definition) is 3. The normalized spacial score (nSPS) is 21.4. The van der Waals surface area contributed by atoms with Gasteiger partial charge in [-0.15, -0.1) is 0 Å². The van der Waals surface area contributed by atoms with Gasteiger partial charge in [-0.2, -0.15) is 13.2 Å². The van der Waals surface area contributed by atoms with Gasteiger partial charge in [-0.3, -0.25) is 0 Å². The molecule has 1 unspecified atom stereocenters. The van der Waals surface area contributed by atoms with E-state index in [1.54, 1.807) is 6.07 Å². The van der Waals surface area contributed by atoms with Crippen LogP contribution in [0.5, 0.6) is 0 Å². The summed E-state index contributed by atoms with van der Waals surface area (Å²) in [6, 6.07) is 5.99. The molecule has 1 saturated carbocycles. The summed E-state index contributed by atoms with van der Waals surface area (Å²) in [4.78, 5) is 0. The van der Waals surface area contributed by atoms with Crippen molar-refractivity contribution in [1.82, 2.24) is 5.32 Å². The van der Waals surface area contributed by atoms with Crippen molar-refractivity contribution in [3.8, 4) is 0 Å². The Morgan fingerprint density at radius 1 is 1.12 bits per heavy atom. The van der Waals surface area contributed by atoms with Crippen molar-refractivity contribution in [2.45, 2.75) is 57.3 Å². The SMILES string of the molecule is CCOCCN[C@@H]1CCCCC1OCCc1ccccc1C(F)(F)F. The van der Waals surface area contributed by atoms with Gasteiger partial charge in [0.1, 0.15) is 0 Å². The molecule has 2 rings (SSSR count). The Morgan fingerprint density at radius 3 is 2.64 bits per heavy atom. The van der Waals surface area contributed by atoms with E-state index in [0.717, 1.165) is 38.3 Å². The molecule has 6 heteroatoms. The average Bonchev–Trinajstić information content (AvgIpc) is 2.59. The molecule has 0 heterocycles. The lowest BCUT2D eigenvalue weighted by atomic mass is 9.92. The molecule has 1 aliphatic carbocycles. The fraction of sp³-hybridized carbons (Fsp3) is 0.684. The monoisotopic (exact) mass is 359 g/mol. The average molecular weight is 359 g/mol. The summed E-state index contributed by atoms with van der Waals surface area (Å²) in [7, 11) is 0. The highest BCUT2D eigenvalue weighted by atomic mass is 19.4. The lowest BCUT2D eigenvalue weighted by Gasteiger charge is -2.32. The third-order valence-corrected chi connectivity index (χ3v) is 4.59. The first-order chi connectivity index (χ1) is 12.0. The minimum atomic E-state index is -4.31. The zero-order chi connectivity index (χ0) is 18.1. The maximum Gasteiger partial charge on any atom is 0.416 e. The van der Waals surface area contributed by atoms with Gasteiger partial charge >= 0.3 is 6.18 Å². The summed E-state index contributed by atoms with van der Waals surface area (Å²) < 4.78 is 50.4. The number of halogens is 3. The van der Waals surface area contributed by atoms with Crippen LogP contribution in [0.25, 0.3) is 0 Å². The summed E-state index contributed by atoms with van der Waals surface area (Å²) in [5.74, 6) is 0. The molecule has 2 atom stereocenters. The molecule has 0 aliphatic heterocycles. The van der Waals surface area contributed by atoms with E-state index >= 15 is 0 Å². The summed E-state index contributed by atoms with van der Waals surface area (Å²) >= 11 is 0. The van der Waals surface area contributed by atoms with Crippen LogP contribution in [0.3, 0.4) is 0 Å². The van der Waals surface area contributed by atoms with Crippen molar-refractivity contribution in [2.75, 3.05) is 26.4 Å². The zero-order valence-corrected chi connectivity index (χ0v) is 14.8. The van der Waals surface area contributed by atoms with Gasteiger partial charge in [0.05, 0.1) is 24.9 Å². The van der Waals surface area contributed by atoms with Crippen LogP contribution in [0.1, 0.15) is 43.7 Å². The predicted octanol–water partition coefficient (Wildman–Crippen LogP) is 4.20. The lowest BCUT2D eigenvalue weighted by Crippen LogP contribution is -2.45. The molecular formula is C19H28F3NO2. The Bertz CT molecular complexity index is 508. The van der Waals surface area contributed by atoms with Gasteiger partial charge in [-0.25, -0.2) is 0 Å². The summed E-state index contributed by atoms with van der Waals surface area (Å²) in [5.41, 5.74) is -0.264. The van der Waals surface area contributed by atoms with Gasteiger partial charge in [0.15, 0.2) is 0 Å². The molecule has 0 radical (unpaired) electrons. The molecule has 142 valence electrons. The number of nitrogens with one attached hydrogen (secondary N) is 1. The van der Waals surface area contributed by atoms with Crippen LogP contribution in [-0.4, -0.2) is 38.5 Å². The van der Waals surface area contributed by atoms with E-state index in [1.165, 1.54) is 12.1 Å². The smallest absolute Gasteiger partial charge is 0.380 e. The van der Waals surface area contributed by atoms with Gasteiger partial charge in [0.25, 0.3) is 0 Å². The molecule has 1 aliphatic rings. The first-order valence-electron chi connectivity index (χ1n) is 9.10. The molecule has 0 saturated heterocycles. The Morgan fingerprint density at radius 2 is 1.88 bits per heavy atom. The highest BCUT2D eigenvalue weighted by molar-refractivity contribution is 5.29. The molecule has 1 aromatic rings. The lowest BCUT2D eigenvalue weighted by molar-refractivity contribution is -0.138. The summed E-state index contributed by atoms with van der Waals surface area (Å²) in [6.07, 6.45) is 0.274. The molecule has 25 heavy (non-hydrogen) atoms. The largest absolute Gasteiger partial charge is 0.416 e. The second kappa shape index (κ2) is 10.1. The van der Waals surface area contributed by atoms with Crippen molar-refractivity contribution in [1.29, 1.82) is 0 Å².